The number of carbonyl (C=O) groups excluding carboxylic acids is 1. The molecule has 0 spiro atoms. The molecule has 0 aliphatic carbocycles. The van der Waals surface area contributed by atoms with Crippen molar-refractivity contribution in [1.29, 1.82) is 0 Å². The Balaban J connectivity index is 2.64. The first-order valence-electron chi connectivity index (χ1n) is 7.71. The highest BCUT2D eigenvalue weighted by atomic mass is 16.5. The Kier molecular flexibility index (Phi) is 7.06. The number of anilines is 1. The molecule has 1 N–H and O–H groups in total. The average Bonchev–Trinajstić information content (AvgIpc) is 2.42. The molecule has 4 heteroatoms. The van der Waals surface area contributed by atoms with E-state index in [1.54, 1.807) is 0 Å². The van der Waals surface area contributed by atoms with E-state index in [0.717, 1.165) is 18.0 Å². The lowest BCUT2D eigenvalue weighted by molar-refractivity contribution is 0.208. The quantitative estimate of drug-likeness (QED) is 0.817. The van der Waals surface area contributed by atoms with Crippen LogP contribution >= 0.6 is 0 Å². The molecule has 0 atom stereocenters. The van der Waals surface area contributed by atoms with Crippen LogP contribution in [0.3, 0.4) is 0 Å². The summed E-state index contributed by atoms with van der Waals surface area (Å²) in [7, 11) is 0. The Bertz CT molecular complexity index is 444. The fourth-order valence-electron chi connectivity index (χ4n) is 1.93. The summed E-state index contributed by atoms with van der Waals surface area (Å²) in [5.41, 5.74) is 0.767. The molecular formula is C17H28N2O2. The number of nitrogens with zero attached hydrogens (tertiary/aromatic N) is 1. The van der Waals surface area contributed by atoms with Crippen molar-refractivity contribution in [3.63, 3.8) is 0 Å². The summed E-state index contributed by atoms with van der Waals surface area (Å²) in [6.07, 6.45) is 0. The van der Waals surface area contributed by atoms with Gasteiger partial charge < -0.3 is 15.0 Å². The second-order valence-electron chi connectivity index (χ2n) is 6.10. The lowest BCUT2D eigenvalue weighted by Gasteiger charge is -2.23. The second kappa shape index (κ2) is 8.55. The highest BCUT2D eigenvalue weighted by Crippen LogP contribution is 2.18. The van der Waals surface area contributed by atoms with E-state index in [1.165, 1.54) is 0 Å². The van der Waals surface area contributed by atoms with Gasteiger partial charge in [0.25, 0.3) is 0 Å². The smallest absolute Gasteiger partial charge is 0.321 e. The van der Waals surface area contributed by atoms with Gasteiger partial charge in [0.15, 0.2) is 0 Å². The molecule has 0 fully saturated rings. The van der Waals surface area contributed by atoms with E-state index < -0.39 is 0 Å². The molecule has 0 heterocycles. The Morgan fingerprint density at radius 1 is 1.24 bits per heavy atom. The minimum absolute atomic E-state index is 0.0628. The van der Waals surface area contributed by atoms with Crippen molar-refractivity contribution in [1.82, 2.24) is 4.90 Å². The predicted octanol–water partition coefficient (Wildman–Crippen LogP) is 4.23. The molecule has 0 aliphatic heterocycles. The Hall–Kier alpha value is -1.71. The lowest BCUT2D eigenvalue weighted by atomic mass is 10.2. The topological polar surface area (TPSA) is 41.6 Å². The van der Waals surface area contributed by atoms with Crippen LogP contribution in [0.2, 0.25) is 0 Å². The van der Waals surface area contributed by atoms with Gasteiger partial charge in [-0.2, -0.15) is 0 Å². The number of nitrogens with one attached hydrogen (secondary N) is 1. The number of carbonyl (C=O) groups is 1. The van der Waals surface area contributed by atoms with Crippen LogP contribution in [0.1, 0.15) is 34.6 Å². The number of ether oxygens (including phenoxy) is 1. The maximum atomic E-state index is 12.2. The van der Waals surface area contributed by atoms with E-state index in [2.05, 4.69) is 33.0 Å². The molecule has 0 saturated carbocycles. The van der Waals surface area contributed by atoms with Crippen LogP contribution in [0.15, 0.2) is 24.3 Å². The van der Waals surface area contributed by atoms with Crippen LogP contribution in [-0.4, -0.2) is 30.6 Å². The number of benzene rings is 1. The maximum absolute atomic E-state index is 12.2. The van der Waals surface area contributed by atoms with E-state index in [1.807, 2.05) is 36.1 Å². The van der Waals surface area contributed by atoms with Crippen molar-refractivity contribution < 1.29 is 9.53 Å². The third kappa shape index (κ3) is 6.52. The molecule has 0 unspecified atom stereocenters. The molecular weight excluding hydrogens is 264 g/mol. The largest absolute Gasteiger partial charge is 0.493 e. The van der Waals surface area contributed by atoms with Crippen molar-refractivity contribution in [2.24, 2.45) is 11.8 Å². The van der Waals surface area contributed by atoms with Crippen LogP contribution in [0.4, 0.5) is 10.5 Å². The minimum atomic E-state index is -0.0628. The van der Waals surface area contributed by atoms with Crippen LogP contribution in [0, 0.1) is 11.8 Å². The summed E-state index contributed by atoms with van der Waals surface area (Å²) in [6.45, 7) is 12.6. The average molecular weight is 292 g/mol. The molecule has 0 saturated heterocycles. The molecule has 1 aromatic carbocycles. The molecule has 0 aromatic heterocycles. The van der Waals surface area contributed by atoms with Crippen molar-refractivity contribution in [2.75, 3.05) is 25.0 Å². The van der Waals surface area contributed by atoms with Gasteiger partial charge in [-0.1, -0.05) is 33.8 Å². The van der Waals surface area contributed by atoms with E-state index >= 15 is 0 Å². The van der Waals surface area contributed by atoms with Crippen LogP contribution in [0.25, 0.3) is 0 Å². The van der Waals surface area contributed by atoms with Gasteiger partial charge in [0, 0.05) is 24.8 Å². The number of urea groups is 1. The number of hydrogen-bond acceptors (Lipinski definition) is 2. The summed E-state index contributed by atoms with van der Waals surface area (Å²) in [5.74, 6) is 1.72. The van der Waals surface area contributed by atoms with E-state index in [-0.39, 0.29) is 6.03 Å². The first-order valence-corrected chi connectivity index (χ1v) is 7.71. The molecule has 1 rings (SSSR count). The zero-order valence-electron chi connectivity index (χ0n) is 13.8. The van der Waals surface area contributed by atoms with Gasteiger partial charge in [0.05, 0.1) is 6.61 Å². The van der Waals surface area contributed by atoms with Crippen molar-refractivity contribution in [2.45, 2.75) is 34.6 Å². The summed E-state index contributed by atoms with van der Waals surface area (Å²) >= 11 is 0. The third-order valence-corrected chi connectivity index (χ3v) is 2.92. The van der Waals surface area contributed by atoms with Crippen molar-refractivity contribution >= 4 is 11.7 Å². The maximum Gasteiger partial charge on any atom is 0.321 e. The van der Waals surface area contributed by atoms with Gasteiger partial charge in [-0.25, -0.2) is 4.79 Å². The SMILES string of the molecule is CCN(CC(C)C)C(=O)Nc1cccc(OCC(C)C)c1. The molecule has 2 amide bonds. The number of amides is 2. The molecule has 4 nitrogen and oxygen atoms in total. The van der Waals surface area contributed by atoms with E-state index in [9.17, 15) is 4.79 Å². The second-order valence-corrected chi connectivity index (χ2v) is 6.10. The number of hydrogen-bond donors (Lipinski definition) is 1. The van der Waals surface area contributed by atoms with Gasteiger partial charge in [0.2, 0.25) is 0 Å². The van der Waals surface area contributed by atoms with Gasteiger partial charge in [0.1, 0.15) is 5.75 Å². The van der Waals surface area contributed by atoms with Gasteiger partial charge >= 0.3 is 6.03 Å². The van der Waals surface area contributed by atoms with E-state index in [0.29, 0.717) is 25.0 Å². The molecule has 118 valence electrons. The molecule has 21 heavy (non-hydrogen) atoms. The Morgan fingerprint density at radius 2 is 1.95 bits per heavy atom. The predicted molar refractivity (Wildman–Crippen MR) is 87.9 cm³/mol. The molecule has 1 aromatic rings. The Labute approximate surface area is 128 Å². The van der Waals surface area contributed by atoms with Gasteiger partial charge in [-0.15, -0.1) is 0 Å². The monoisotopic (exact) mass is 292 g/mol. The Morgan fingerprint density at radius 3 is 2.52 bits per heavy atom. The van der Waals surface area contributed by atoms with Gasteiger partial charge in [-0.3, -0.25) is 0 Å². The molecule has 0 radical (unpaired) electrons. The zero-order valence-corrected chi connectivity index (χ0v) is 13.8. The molecule has 0 aliphatic rings. The standard InChI is InChI=1S/C17H28N2O2/c1-6-19(11-13(2)3)17(20)18-15-8-7-9-16(10-15)21-12-14(4)5/h7-10,13-14H,6,11-12H2,1-5H3,(H,18,20). The normalized spacial score (nSPS) is 10.8. The summed E-state index contributed by atoms with van der Waals surface area (Å²) < 4.78 is 5.68. The summed E-state index contributed by atoms with van der Waals surface area (Å²) in [5, 5.41) is 2.93. The van der Waals surface area contributed by atoms with E-state index in [4.69, 9.17) is 4.74 Å². The molecule has 0 bridgehead atoms. The highest BCUT2D eigenvalue weighted by Gasteiger charge is 2.13. The third-order valence-electron chi connectivity index (χ3n) is 2.92. The minimum Gasteiger partial charge on any atom is -0.493 e. The summed E-state index contributed by atoms with van der Waals surface area (Å²) in [6, 6.07) is 7.48. The fourth-order valence-corrected chi connectivity index (χ4v) is 1.93. The first-order chi connectivity index (χ1) is 9.92. The summed E-state index contributed by atoms with van der Waals surface area (Å²) in [4.78, 5) is 14.0. The highest BCUT2D eigenvalue weighted by molar-refractivity contribution is 5.89. The van der Waals surface area contributed by atoms with Crippen molar-refractivity contribution in [3.05, 3.63) is 24.3 Å². The first kappa shape index (κ1) is 17.3. The number of rotatable bonds is 7. The van der Waals surface area contributed by atoms with Crippen molar-refractivity contribution in [3.8, 4) is 5.75 Å². The van der Waals surface area contributed by atoms with Crippen LogP contribution in [-0.2, 0) is 0 Å². The lowest BCUT2D eigenvalue weighted by Crippen LogP contribution is -2.37. The van der Waals surface area contributed by atoms with Crippen LogP contribution < -0.4 is 10.1 Å². The fraction of sp³-hybridized carbons (Fsp3) is 0.588. The zero-order chi connectivity index (χ0) is 15.8. The van der Waals surface area contributed by atoms with Crippen LogP contribution in [0.5, 0.6) is 5.75 Å². The van der Waals surface area contributed by atoms with Gasteiger partial charge in [-0.05, 0) is 30.9 Å².